The maximum atomic E-state index is 13.2. The molecule has 2 bridgehead atoms. The van der Waals surface area contributed by atoms with Crippen LogP contribution in [0.1, 0.15) is 40.6 Å². The van der Waals surface area contributed by atoms with E-state index in [-0.39, 0.29) is 17.6 Å². The van der Waals surface area contributed by atoms with Crippen molar-refractivity contribution in [2.45, 2.75) is 37.6 Å². The Bertz CT molecular complexity index is 1100. The minimum absolute atomic E-state index is 0.147. The van der Waals surface area contributed by atoms with E-state index >= 15 is 0 Å². The fraction of sp³-hybridized carbons (Fsp3) is 0.333. The Labute approximate surface area is 171 Å². The third-order valence-electron chi connectivity index (χ3n) is 5.40. The van der Waals surface area contributed by atoms with E-state index in [2.05, 4.69) is 15.2 Å². The van der Waals surface area contributed by atoms with Crippen molar-refractivity contribution < 1.29 is 18.0 Å². The number of halogens is 4. The van der Waals surface area contributed by atoms with E-state index in [0.717, 1.165) is 12.5 Å². The molecule has 2 aromatic heterocycles. The Morgan fingerprint density at radius 3 is 2.79 bits per heavy atom. The molecular weight excluding hydrogens is 427 g/mol. The second kappa shape index (κ2) is 6.53. The summed E-state index contributed by atoms with van der Waals surface area (Å²) in [6.07, 6.45) is -3.23. The molecule has 0 N–H and O–H groups in total. The van der Waals surface area contributed by atoms with Crippen LogP contribution in [-0.2, 0) is 12.7 Å². The lowest BCUT2D eigenvalue weighted by Crippen LogP contribution is -2.44. The highest BCUT2D eigenvalue weighted by Gasteiger charge is 2.46. The van der Waals surface area contributed by atoms with E-state index in [1.807, 2.05) is 9.95 Å². The van der Waals surface area contributed by atoms with Crippen molar-refractivity contribution in [2.24, 2.45) is 0 Å². The molecule has 1 aromatic carbocycles. The first kappa shape index (κ1) is 18.6. The molecule has 0 saturated carbocycles. The monoisotopic (exact) mass is 439 g/mol. The van der Waals surface area contributed by atoms with Crippen LogP contribution >= 0.6 is 22.9 Å². The normalized spacial score (nSPS) is 20.8. The predicted molar refractivity (Wildman–Crippen MR) is 99.5 cm³/mol. The molecule has 3 aromatic rings. The number of hydrogen-bond donors (Lipinski definition) is 0. The molecular formula is C18H13ClF3N5OS. The molecule has 5 rings (SSSR count). The van der Waals surface area contributed by atoms with Crippen molar-refractivity contribution >= 4 is 28.8 Å². The largest absolute Gasteiger partial charge is 0.417 e. The highest BCUT2D eigenvalue weighted by molar-refractivity contribution is 7.07. The van der Waals surface area contributed by atoms with Crippen LogP contribution in [0.4, 0.5) is 13.2 Å². The van der Waals surface area contributed by atoms with Crippen molar-refractivity contribution in [1.29, 1.82) is 0 Å². The fourth-order valence-electron chi connectivity index (χ4n) is 4.14. The van der Waals surface area contributed by atoms with Crippen molar-refractivity contribution in [3.63, 3.8) is 0 Å². The van der Waals surface area contributed by atoms with Gasteiger partial charge in [-0.2, -0.15) is 13.2 Å². The Balaban J connectivity index is 1.53. The number of carbonyl (C=O) groups excluding carboxylic acids is 1. The molecule has 150 valence electrons. The van der Waals surface area contributed by atoms with Gasteiger partial charge in [0.2, 0.25) is 0 Å². The van der Waals surface area contributed by atoms with Crippen LogP contribution in [0.3, 0.4) is 0 Å². The van der Waals surface area contributed by atoms with E-state index in [1.54, 1.807) is 10.4 Å². The van der Waals surface area contributed by atoms with Crippen molar-refractivity contribution in [1.82, 2.24) is 24.6 Å². The van der Waals surface area contributed by atoms with Crippen LogP contribution in [0.15, 0.2) is 29.1 Å². The van der Waals surface area contributed by atoms with Gasteiger partial charge in [0.25, 0.3) is 5.91 Å². The Morgan fingerprint density at radius 1 is 1.24 bits per heavy atom. The van der Waals surface area contributed by atoms with Crippen LogP contribution in [-0.4, -0.2) is 36.6 Å². The molecule has 2 aliphatic rings. The van der Waals surface area contributed by atoms with Crippen molar-refractivity contribution in [3.05, 3.63) is 51.1 Å². The number of thiazole rings is 1. The quantitative estimate of drug-likeness (QED) is 0.592. The minimum atomic E-state index is -4.63. The number of fused-ring (bicyclic) bond motifs is 4. The number of amides is 1. The smallest absolute Gasteiger partial charge is 0.324 e. The van der Waals surface area contributed by atoms with Crippen LogP contribution < -0.4 is 0 Å². The number of hydrogen-bond acceptors (Lipinski definition) is 5. The summed E-state index contributed by atoms with van der Waals surface area (Å²) in [5, 5.41) is 9.81. The molecule has 0 spiro atoms. The van der Waals surface area contributed by atoms with Gasteiger partial charge in [-0.1, -0.05) is 17.7 Å². The van der Waals surface area contributed by atoms with Gasteiger partial charge in [-0.15, -0.1) is 21.5 Å². The van der Waals surface area contributed by atoms with Crippen molar-refractivity contribution in [3.8, 4) is 11.5 Å². The second-order valence-electron chi connectivity index (χ2n) is 6.99. The summed E-state index contributed by atoms with van der Waals surface area (Å²) in [5.41, 5.74) is 1.27. The topological polar surface area (TPSA) is 63.9 Å². The summed E-state index contributed by atoms with van der Waals surface area (Å²) in [5.74, 6) is 0.749. The molecule has 6 nitrogen and oxygen atoms in total. The Morgan fingerprint density at radius 2 is 2.07 bits per heavy atom. The van der Waals surface area contributed by atoms with Gasteiger partial charge in [0, 0.05) is 11.9 Å². The summed E-state index contributed by atoms with van der Waals surface area (Å²) in [6.45, 7) is 0.466. The van der Waals surface area contributed by atoms with Gasteiger partial charge in [-0.3, -0.25) is 4.79 Å². The molecule has 11 heteroatoms. The number of benzene rings is 1. The van der Waals surface area contributed by atoms with Gasteiger partial charge >= 0.3 is 6.18 Å². The van der Waals surface area contributed by atoms with Gasteiger partial charge in [-0.25, -0.2) is 4.98 Å². The van der Waals surface area contributed by atoms with Crippen LogP contribution in [0, 0.1) is 0 Å². The number of aromatic nitrogens is 4. The van der Waals surface area contributed by atoms with E-state index in [1.165, 1.54) is 23.5 Å². The van der Waals surface area contributed by atoms with Crippen LogP contribution in [0.5, 0.6) is 0 Å². The summed E-state index contributed by atoms with van der Waals surface area (Å²) in [7, 11) is 0. The predicted octanol–water partition coefficient (Wildman–Crippen LogP) is 4.43. The van der Waals surface area contributed by atoms with Gasteiger partial charge in [0.15, 0.2) is 11.6 Å². The Kier molecular flexibility index (Phi) is 4.18. The van der Waals surface area contributed by atoms with Crippen molar-refractivity contribution in [2.75, 3.05) is 0 Å². The van der Waals surface area contributed by atoms with Crippen LogP contribution in [0.25, 0.3) is 11.5 Å². The SMILES string of the molecule is O=C(c1cccc(C(F)(F)F)c1Cl)N1C2CCC1c1nnc(-c3cscn3)n1C2. The molecule has 2 aliphatic heterocycles. The summed E-state index contributed by atoms with van der Waals surface area (Å²) < 4.78 is 41.5. The molecule has 1 fully saturated rings. The lowest BCUT2D eigenvalue weighted by molar-refractivity contribution is -0.137. The summed E-state index contributed by atoms with van der Waals surface area (Å²) in [6, 6.07) is 2.89. The minimum Gasteiger partial charge on any atom is -0.324 e. The average Bonchev–Trinajstić information content (AvgIpc) is 3.39. The molecule has 0 radical (unpaired) electrons. The zero-order valence-electron chi connectivity index (χ0n) is 14.7. The van der Waals surface area contributed by atoms with E-state index in [0.29, 0.717) is 30.3 Å². The number of nitrogens with zero attached hydrogens (tertiary/aromatic N) is 5. The third kappa shape index (κ3) is 2.84. The zero-order valence-corrected chi connectivity index (χ0v) is 16.3. The number of carbonyl (C=O) groups is 1. The molecule has 29 heavy (non-hydrogen) atoms. The zero-order chi connectivity index (χ0) is 20.3. The molecule has 0 aliphatic carbocycles. The second-order valence-corrected chi connectivity index (χ2v) is 8.09. The summed E-state index contributed by atoms with van der Waals surface area (Å²) >= 11 is 7.44. The first-order valence-electron chi connectivity index (χ1n) is 8.86. The Hall–Kier alpha value is -2.46. The van der Waals surface area contributed by atoms with Crippen LogP contribution in [0.2, 0.25) is 5.02 Å². The molecule has 4 heterocycles. The van der Waals surface area contributed by atoms with E-state index in [4.69, 9.17) is 11.6 Å². The maximum absolute atomic E-state index is 13.2. The fourth-order valence-corrected chi connectivity index (χ4v) is 4.99. The molecule has 2 atom stereocenters. The standard InChI is InChI=1S/C18H13ClF3N5OS/c19-14-10(2-1-3-11(14)18(20,21)22)17(28)27-9-4-5-13(27)16-25-24-15(26(16)6-9)12-7-29-8-23-12/h1-3,7-9,13H,4-6H2. The third-order valence-corrected chi connectivity index (χ3v) is 6.40. The molecule has 2 unspecified atom stereocenters. The highest BCUT2D eigenvalue weighted by atomic mass is 35.5. The van der Waals surface area contributed by atoms with Gasteiger partial charge in [0.1, 0.15) is 5.69 Å². The summed E-state index contributed by atoms with van der Waals surface area (Å²) in [4.78, 5) is 19.1. The lowest BCUT2D eigenvalue weighted by atomic mass is 10.1. The first-order chi connectivity index (χ1) is 13.9. The van der Waals surface area contributed by atoms with Gasteiger partial charge < -0.3 is 9.47 Å². The number of alkyl halides is 3. The molecule has 1 saturated heterocycles. The number of rotatable bonds is 2. The average molecular weight is 440 g/mol. The maximum Gasteiger partial charge on any atom is 0.417 e. The van der Waals surface area contributed by atoms with Gasteiger partial charge in [0.05, 0.1) is 33.7 Å². The van der Waals surface area contributed by atoms with E-state index < -0.39 is 22.7 Å². The van der Waals surface area contributed by atoms with Gasteiger partial charge in [-0.05, 0) is 25.0 Å². The molecule has 1 amide bonds. The highest BCUT2D eigenvalue weighted by Crippen LogP contribution is 2.44. The lowest BCUT2D eigenvalue weighted by Gasteiger charge is -2.35. The van der Waals surface area contributed by atoms with E-state index in [9.17, 15) is 18.0 Å². The first-order valence-corrected chi connectivity index (χ1v) is 10.2.